The molecule has 4 heteroatoms. The number of hydrogen-bond donors (Lipinski definition) is 1. The third-order valence-corrected chi connectivity index (χ3v) is 6.29. The number of nitriles is 2. The fourth-order valence-electron chi connectivity index (χ4n) is 4.74. The number of benzene rings is 5. The molecule has 0 aliphatic heterocycles. The molecular weight excluding hydrogens is 406 g/mol. The lowest BCUT2D eigenvalue weighted by atomic mass is 9.90. The molecule has 0 bridgehead atoms. The monoisotopic (exact) mass is 421 g/mol. The van der Waals surface area contributed by atoms with Crippen LogP contribution in [0.2, 0.25) is 0 Å². The van der Waals surface area contributed by atoms with Crippen molar-refractivity contribution >= 4 is 32.3 Å². The molecule has 33 heavy (non-hydrogen) atoms. The van der Waals surface area contributed by atoms with Crippen LogP contribution in [0.25, 0.3) is 54.7 Å². The summed E-state index contributed by atoms with van der Waals surface area (Å²) in [6.07, 6.45) is 0. The van der Waals surface area contributed by atoms with Gasteiger partial charge in [0.15, 0.2) is 0 Å². The van der Waals surface area contributed by atoms with Crippen LogP contribution in [0.1, 0.15) is 11.1 Å². The van der Waals surface area contributed by atoms with Crippen LogP contribution in [0.15, 0.2) is 89.7 Å². The number of nitrogens with zero attached hydrogens (tertiary/aromatic N) is 2. The first kappa shape index (κ1) is 18.8. The summed E-state index contributed by atoms with van der Waals surface area (Å²) in [5.74, 6) is 0. The molecule has 6 rings (SSSR count). The fraction of sp³-hybridized carbons (Fsp3) is 0. The smallest absolute Gasteiger partial charge is 0.266 e. The van der Waals surface area contributed by atoms with Gasteiger partial charge >= 0.3 is 0 Å². The van der Waals surface area contributed by atoms with E-state index in [0.717, 1.165) is 27.3 Å². The Hall–Kier alpha value is -4.93. The zero-order valence-corrected chi connectivity index (χ0v) is 17.4. The van der Waals surface area contributed by atoms with Gasteiger partial charge in [-0.05, 0) is 56.1 Å². The maximum atomic E-state index is 12.9. The van der Waals surface area contributed by atoms with E-state index in [1.807, 2.05) is 18.2 Å². The highest BCUT2D eigenvalue weighted by Crippen LogP contribution is 2.39. The average molecular weight is 421 g/mol. The number of hydrogen-bond acceptors (Lipinski definition) is 3. The van der Waals surface area contributed by atoms with Crippen LogP contribution in [-0.4, -0.2) is 4.98 Å². The highest BCUT2D eigenvalue weighted by atomic mass is 16.1. The van der Waals surface area contributed by atoms with E-state index in [4.69, 9.17) is 5.26 Å². The van der Waals surface area contributed by atoms with Gasteiger partial charge in [0.25, 0.3) is 5.56 Å². The summed E-state index contributed by atoms with van der Waals surface area (Å²) < 4.78 is 0. The van der Waals surface area contributed by atoms with E-state index in [9.17, 15) is 10.1 Å². The molecule has 0 radical (unpaired) electrons. The van der Waals surface area contributed by atoms with Gasteiger partial charge in [-0.15, -0.1) is 0 Å². The van der Waals surface area contributed by atoms with E-state index in [2.05, 4.69) is 59.6 Å². The van der Waals surface area contributed by atoms with Crippen LogP contribution in [-0.2, 0) is 0 Å². The Bertz CT molecular complexity index is 1830. The van der Waals surface area contributed by atoms with Gasteiger partial charge in [0.2, 0.25) is 0 Å². The highest BCUT2D eigenvalue weighted by Gasteiger charge is 2.16. The maximum Gasteiger partial charge on any atom is 0.266 e. The molecule has 6 aromatic rings. The molecule has 152 valence electrons. The van der Waals surface area contributed by atoms with Crippen molar-refractivity contribution in [1.82, 2.24) is 4.98 Å². The highest BCUT2D eigenvalue weighted by molar-refractivity contribution is 6.25. The second-order valence-corrected chi connectivity index (χ2v) is 8.07. The first-order valence-corrected chi connectivity index (χ1v) is 10.5. The lowest BCUT2D eigenvalue weighted by molar-refractivity contribution is 1.22. The molecule has 0 fully saturated rings. The molecule has 0 spiro atoms. The molecule has 1 heterocycles. The van der Waals surface area contributed by atoms with Crippen LogP contribution in [0.4, 0.5) is 0 Å². The summed E-state index contributed by atoms with van der Waals surface area (Å²) in [5, 5.41) is 25.7. The maximum absolute atomic E-state index is 12.9. The molecule has 0 aliphatic rings. The minimum Gasteiger partial charge on any atom is -0.321 e. The van der Waals surface area contributed by atoms with Crippen LogP contribution in [0.5, 0.6) is 0 Å². The van der Waals surface area contributed by atoms with E-state index < -0.39 is 5.56 Å². The number of rotatable bonds is 2. The second-order valence-electron chi connectivity index (χ2n) is 8.07. The van der Waals surface area contributed by atoms with Crippen LogP contribution >= 0.6 is 0 Å². The van der Waals surface area contributed by atoms with Crippen molar-refractivity contribution in [3.8, 4) is 34.5 Å². The summed E-state index contributed by atoms with van der Waals surface area (Å²) in [5.41, 5.74) is 2.96. The molecule has 4 nitrogen and oxygen atoms in total. The van der Waals surface area contributed by atoms with Crippen molar-refractivity contribution in [1.29, 1.82) is 10.5 Å². The van der Waals surface area contributed by atoms with Crippen LogP contribution < -0.4 is 5.56 Å². The summed E-state index contributed by atoms with van der Waals surface area (Å²) in [7, 11) is 0. The molecule has 0 aliphatic carbocycles. The van der Waals surface area contributed by atoms with E-state index >= 15 is 0 Å². The Labute approximate surface area is 188 Å². The third kappa shape index (κ3) is 2.79. The van der Waals surface area contributed by atoms with Crippen molar-refractivity contribution < 1.29 is 0 Å². The van der Waals surface area contributed by atoms with Gasteiger partial charge in [-0.2, -0.15) is 10.5 Å². The third-order valence-electron chi connectivity index (χ3n) is 6.29. The molecular formula is C29H15N3O. The number of aromatic amines is 1. The van der Waals surface area contributed by atoms with Crippen LogP contribution in [0.3, 0.4) is 0 Å². The van der Waals surface area contributed by atoms with E-state index in [1.165, 1.54) is 16.2 Å². The van der Waals surface area contributed by atoms with Gasteiger partial charge < -0.3 is 4.98 Å². The lowest BCUT2D eigenvalue weighted by Crippen LogP contribution is -2.12. The summed E-state index contributed by atoms with van der Waals surface area (Å²) in [4.78, 5) is 15.8. The normalized spacial score (nSPS) is 11.1. The average Bonchev–Trinajstić information content (AvgIpc) is 2.87. The van der Waals surface area contributed by atoms with Gasteiger partial charge in [-0.1, -0.05) is 66.7 Å². The number of nitrogens with one attached hydrogen (secondary N) is 1. The van der Waals surface area contributed by atoms with Crippen molar-refractivity contribution in [2.75, 3.05) is 0 Å². The summed E-state index contributed by atoms with van der Waals surface area (Å²) >= 11 is 0. The zero-order valence-electron chi connectivity index (χ0n) is 17.4. The largest absolute Gasteiger partial charge is 0.321 e. The van der Waals surface area contributed by atoms with Crippen molar-refractivity contribution in [3.05, 3.63) is 106 Å². The van der Waals surface area contributed by atoms with E-state index in [1.54, 1.807) is 24.3 Å². The molecule has 1 N–H and O–H groups in total. The van der Waals surface area contributed by atoms with Gasteiger partial charge in [-0.3, -0.25) is 4.79 Å². The minimum absolute atomic E-state index is 0.0566. The van der Waals surface area contributed by atoms with Crippen LogP contribution in [0, 0.1) is 22.7 Å². The first-order valence-electron chi connectivity index (χ1n) is 10.5. The van der Waals surface area contributed by atoms with Gasteiger partial charge in [0.1, 0.15) is 11.6 Å². The molecule has 0 saturated heterocycles. The Morgan fingerprint density at radius 1 is 0.667 bits per heavy atom. The predicted molar refractivity (Wildman–Crippen MR) is 131 cm³/mol. The fourth-order valence-corrected chi connectivity index (χ4v) is 4.74. The molecule has 0 saturated carbocycles. The number of aromatic nitrogens is 1. The second kappa shape index (κ2) is 7.05. The summed E-state index contributed by atoms with van der Waals surface area (Å²) in [6, 6.07) is 31.7. The topological polar surface area (TPSA) is 80.4 Å². The number of H-pyrrole nitrogens is 1. The SMILES string of the molecule is N#Cc1ccc(-c2cc(-c3ccc4ccc5cccc6ccc3c4c56)[nH]c(=O)c2C#N)cc1. The van der Waals surface area contributed by atoms with Crippen molar-refractivity contribution in [2.24, 2.45) is 0 Å². The Morgan fingerprint density at radius 3 is 2.03 bits per heavy atom. The van der Waals surface area contributed by atoms with Gasteiger partial charge in [-0.25, -0.2) is 0 Å². The zero-order chi connectivity index (χ0) is 22.5. The Kier molecular flexibility index (Phi) is 4.02. The standard InChI is InChI=1S/C29H15N3O/c30-15-17-4-6-18(7-5-17)24-14-26(32-29(33)25(24)16-31)22-12-10-21-9-8-19-2-1-3-20-11-13-23(22)28(21)27(19)20/h1-14H,(H,32,33). The van der Waals surface area contributed by atoms with Gasteiger partial charge in [0, 0.05) is 16.8 Å². The summed E-state index contributed by atoms with van der Waals surface area (Å²) in [6.45, 7) is 0. The number of pyridine rings is 1. The molecule has 0 amide bonds. The van der Waals surface area contributed by atoms with Crippen molar-refractivity contribution in [2.45, 2.75) is 0 Å². The lowest BCUT2D eigenvalue weighted by Gasteiger charge is -2.15. The molecule has 0 unspecified atom stereocenters. The van der Waals surface area contributed by atoms with E-state index in [0.29, 0.717) is 16.8 Å². The Balaban J connectivity index is 1.66. The molecule has 1 aromatic heterocycles. The molecule has 5 aromatic carbocycles. The minimum atomic E-state index is -0.431. The first-order chi connectivity index (χ1) is 16.2. The van der Waals surface area contributed by atoms with E-state index in [-0.39, 0.29) is 5.56 Å². The van der Waals surface area contributed by atoms with Gasteiger partial charge in [0.05, 0.1) is 11.6 Å². The Morgan fingerprint density at radius 2 is 1.33 bits per heavy atom. The van der Waals surface area contributed by atoms with Crippen molar-refractivity contribution in [3.63, 3.8) is 0 Å². The quantitative estimate of drug-likeness (QED) is 0.331. The predicted octanol–water partition coefficient (Wildman–Crippen LogP) is 6.35. The molecule has 0 atom stereocenters.